The van der Waals surface area contributed by atoms with Crippen LogP contribution in [-0.2, 0) is 4.79 Å². The number of carbonyl (C=O) groups excluding carboxylic acids is 2. The van der Waals surface area contributed by atoms with Crippen LogP contribution in [-0.4, -0.2) is 41.7 Å². The number of nitrogens with one attached hydrogen (secondary N) is 2. The number of carbonyl (C=O) groups is 2. The van der Waals surface area contributed by atoms with Gasteiger partial charge in [-0.3, -0.25) is 4.79 Å². The van der Waals surface area contributed by atoms with Crippen LogP contribution in [0.2, 0.25) is 0 Å². The molecule has 0 unspecified atom stereocenters. The lowest BCUT2D eigenvalue weighted by Crippen LogP contribution is -2.57. The van der Waals surface area contributed by atoms with Crippen LogP contribution >= 0.6 is 11.8 Å². The number of hydrogen-bond donors (Lipinski definition) is 2. The van der Waals surface area contributed by atoms with Crippen molar-refractivity contribution in [2.24, 2.45) is 0 Å². The number of anilines is 1. The van der Waals surface area contributed by atoms with Gasteiger partial charge in [-0.1, -0.05) is 26.0 Å². The molecule has 2 N–H and O–H groups in total. The Kier molecular flexibility index (Phi) is 5.50. The van der Waals surface area contributed by atoms with E-state index < -0.39 is 0 Å². The number of thioether (sulfide) groups is 1. The Morgan fingerprint density at radius 2 is 2.19 bits per heavy atom. The van der Waals surface area contributed by atoms with E-state index in [0.717, 1.165) is 16.3 Å². The van der Waals surface area contributed by atoms with Gasteiger partial charge < -0.3 is 15.5 Å². The first-order valence-electron chi connectivity index (χ1n) is 7.24. The third-order valence-electron chi connectivity index (χ3n) is 3.41. The molecule has 1 aliphatic heterocycles. The summed E-state index contributed by atoms with van der Waals surface area (Å²) in [7, 11) is 0. The molecule has 1 heterocycles. The lowest BCUT2D eigenvalue weighted by molar-refractivity contribution is -0.127. The van der Waals surface area contributed by atoms with Crippen molar-refractivity contribution in [3.8, 4) is 0 Å². The lowest BCUT2D eigenvalue weighted by atomic mass is 10.1. The van der Waals surface area contributed by atoms with Gasteiger partial charge in [0.05, 0.1) is 5.69 Å². The van der Waals surface area contributed by atoms with E-state index in [2.05, 4.69) is 17.6 Å². The molecule has 21 heavy (non-hydrogen) atoms. The maximum Gasteiger partial charge on any atom is 0.322 e. The van der Waals surface area contributed by atoms with Crippen LogP contribution in [0, 0.1) is 0 Å². The third-order valence-corrected chi connectivity index (χ3v) is 4.36. The van der Waals surface area contributed by atoms with Crippen molar-refractivity contribution >= 4 is 29.4 Å². The highest BCUT2D eigenvalue weighted by molar-refractivity contribution is 7.99. The van der Waals surface area contributed by atoms with Crippen molar-refractivity contribution in [3.63, 3.8) is 0 Å². The van der Waals surface area contributed by atoms with Crippen molar-refractivity contribution < 1.29 is 9.59 Å². The second-order valence-electron chi connectivity index (χ2n) is 4.77. The molecule has 0 aliphatic carbocycles. The summed E-state index contributed by atoms with van der Waals surface area (Å²) in [5.41, 5.74) is 0.801. The van der Waals surface area contributed by atoms with Crippen LogP contribution in [0.1, 0.15) is 20.3 Å². The average molecular weight is 307 g/mol. The molecular weight excluding hydrogens is 286 g/mol. The fourth-order valence-electron chi connectivity index (χ4n) is 2.40. The largest absolute Gasteiger partial charge is 0.353 e. The predicted molar refractivity (Wildman–Crippen MR) is 85.7 cm³/mol. The van der Waals surface area contributed by atoms with Gasteiger partial charge in [0.15, 0.2) is 0 Å². The summed E-state index contributed by atoms with van der Waals surface area (Å²) in [4.78, 5) is 27.0. The number of urea groups is 1. The molecule has 0 aromatic heterocycles. The van der Waals surface area contributed by atoms with E-state index in [1.54, 1.807) is 16.7 Å². The first kappa shape index (κ1) is 15.7. The summed E-state index contributed by atoms with van der Waals surface area (Å²) < 4.78 is 0. The molecule has 114 valence electrons. The third kappa shape index (κ3) is 3.69. The zero-order valence-electron chi connectivity index (χ0n) is 12.4. The van der Waals surface area contributed by atoms with Crippen molar-refractivity contribution in [2.75, 3.05) is 24.2 Å². The fraction of sp³-hybridized carbons (Fsp3) is 0.467. The normalized spacial score (nSPS) is 18.3. The highest BCUT2D eigenvalue weighted by atomic mass is 32.2. The van der Waals surface area contributed by atoms with Crippen molar-refractivity contribution in [2.45, 2.75) is 31.2 Å². The van der Waals surface area contributed by atoms with Gasteiger partial charge in [-0.05, 0) is 24.3 Å². The molecule has 0 saturated carbocycles. The minimum atomic E-state index is -0.384. The molecule has 1 aliphatic rings. The second-order valence-corrected chi connectivity index (χ2v) is 6.07. The molecule has 1 aromatic rings. The molecule has 0 bridgehead atoms. The SMILES string of the molecule is CCSc1ccccc1NC(=O)N1CCNC(=O)[C@@H]1CC. The standard InChI is InChI=1S/C15H21N3O2S/c1-3-12-14(19)16-9-10-18(12)15(20)17-11-7-5-6-8-13(11)21-4-2/h5-8,12H,3-4,9-10H2,1-2H3,(H,16,19)(H,17,20)/t12-/m0/s1. The van der Waals surface area contributed by atoms with Crippen LogP contribution < -0.4 is 10.6 Å². The first-order chi connectivity index (χ1) is 10.2. The Bertz CT molecular complexity index is 521. The van der Waals surface area contributed by atoms with E-state index in [1.807, 2.05) is 31.2 Å². The van der Waals surface area contributed by atoms with Gasteiger partial charge in [0.25, 0.3) is 0 Å². The maximum absolute atomic E-state index is 12.5. The van der Waals surface area contributed by atoms with E-state index in [4.69, 9.17) is 0 Å². The molecule has 1 atom stereocenters. The Balaban J connectivity index is 2.12. The quantitative estimate of drug-likeness (QED) is 0.840. The summed E-state index contributed by atoms with van der Waals surface area (Å²) in [5, 5.41) is 5.73. The van der Waals surface area contributed by atoms with Gasteiger partial charge in [0, 0.05) is 18.0 Å². The molecular formula is C15H21N3O2S. The Morgan fingerprint density at radius 1 is 1.43 bits per heavy atom. The van der Waals surface area contributed by atoms with Crippen LogP contribution in [0.4, 0.5) is 10.5 Å². The number of hydrogen-bond acceptors (Lipinski definition) is 3. The molecule has 2 rings (SSSR count). The summed E-state index contributed by atoms with van der Waals surface area (Å²) in [6.07, 6.45) is 0.616. The number of nitrogens with zero attached hydrogens (tertiary/aromatic N) is 1. The smallest absolute Gasteiger partial charge is 0.322 e. The van der Waals surface area contributed by atoms with Crippen LogP contribution in [0.3, 0.4) is 0 Å². The van der Waals surface area contributed by atoms with E-state index in [-0.39, 0.29) is 18.0 Å². The zero-order valence-corrected chi connectivity index (χ0v) is 13.2. The fourth-order valence-corrected chi connectivity index (χ4v) is 3.16. The van der Waals surface area contributed by atoms with Gasteiger partial charge in [-0.25, -0.2) is 4.79 Å². The highest BCUT2D eigenvalue weighted by Crippen LogP contribution is 2.27. The lowest BCUT2D eigenvalue weighted by Gasteiger charge is -2.34. The zero-order chi connectivity index (χ0) is 15.2. The molecule has 1 aromatic carbocycles. The predicted octanol–water partition coefficient (Wildman–Crippen LogP) is 2.54. The van der Waals surface area contributed by atoms with Gasteiger partial charge in [0.1, 0.15) is 6.04 Å². The Morgan fingerprint density at radius 3 is 2.90 bits per heavy atom. The number of rotatable bonds is 4. The van der Waals surface area contributed by atoms with Crippen LogP contribution in [0.5, 0.6) is 0 Å². The summed E-state index contributed by atoms with van der Waals surface area (Å²) in [6.45, 7) is 5.04. The molecule has 3 amide bonds. The maximum atomic E-state index is 12.5. The van der Waals surface area contributed by atoms with E-state index in [9.17, 15) is 9.59 Å². The molecule has 1 saturated heterocycles. The minimum Gasteiger partial charge on any atom is -0.353 e. The van der Waals surface area contributed by atoms with Crippen LogP contribution in [0.15, 0.2) is 29.2 Å². The monoisotopic (exact) mass is 307 g/mol. The van der Waals surface area contributed by atoms with E-state index >= 15 is 0 Å². The summed E-state index contributed by atoms with van der Waals surface area (Å²) >= 11 is 1.69. The minimum absolute atomic E-state index is 0.0740. The number of piperazine rings is 1. The molecule has 0 radical (unpaired) electrons. The van der Waals surface area contributed by atoms with Gasteiger partial charge in [0.2, 0.25) is 5.91 Å². The van der Waals surface area contributed by atoms with Crippen LogP contribution in [0.25, 0.3) is 0 Å². The Labute approximate surface area is 129 Å². The topological polar surface area (TPSA) is 61.4 Å². The number of benzene rings is 1. The Hall–Kier alpha value is -1.69. The van der Waals surface area contributed by atoms with E-state index in [0.29, 0.717) is 19.5 Å². The van der Waals surface area contributed by atoms with Crippen molar-refractivity contribution in [3.05, 3.63) is 24.3 Å². The summed E-state index contributed by atoms with van der Waals surface area (Å²) in [5.74, 6) is 0.867. The first-order valence-corrected chi connectivity index (χ1v) is 8.23. The van der Waals surface area contributed by atoms with Crippen molar-refractivity contribution in [1.29, 1.82) is 0 Å². The van der Waals surface area contributed by atoms with Gasteiger partial charge in [-0.2, -0.15) is 0 Å². The molecule has 0 spiro atoms. The molecule has 5 nitrogen and oxygen atoms in total. The summed E-state index contributed by atoms with van der Waals surface area (Å²) in [6, 6.07) is 7.14. The van der Waals surface area contributed by atoms with Gasteiger partial charge >= 0.3 is 6.03 Å². The van der Waals surface area contributed by atoms with Gasteiger partial charge in [-0.15, -0.1) is 11.8 Å². The number of amides is 3. The molecule has 1 fully saturated rings. The molecule has 6 heteroatoms. The van der Waals surface area contributed by atoms with E-state index in [1.165, 1.54) is 0 Å². The number of para-hydroxylation sites is 1. The van der Waals surface area contributed by atoms with Crippen molar-refractivity contribution in [1.82, 2.24) is 10.2 Å². The second kappa shape index (κ2) is 7.36. The highest BCUT2D eigenvalue weighted by Gasteiger charge is 2.31. The average Bonchev–Trinajstić information content (AvgIpc) is 2.49.